The smallest absolute Gasteiger partial charge is 0.412 e. The molecule has 2 saturated heterocycles. The van der Waals surface area contributed by atoms with Gasteiger partial charge in [-0.3, -0.25) is 0 Å². The maximum atomic E-state index is 8.25. The quantitative estimate of drug-likeness (QED) is 0.0982. The Hall–Kier alpha value is -1.72. The van der Waals surface area contributed by atoms with Gasteiger partial charge in [0.05, 0.1) is 20.3 Å². The second-order valence-electron chi connectivity index (χ2n) is 18.6. The summed E-state index contributed by atoms with van der Waals surface area (Å²) in [4.78, 5) is 33.0. The maximum Gasteiger partial charge on any atom is 2.00 e. The van der Waals surface area contributed by atoms with Crippen molar-refractivity contribution in [3.8, 4) is 0 Å². The first-order chi connectivity index (χ1) is 26.9. The summed E-state index contributed by atoms with van der Waals surface area (Å²) in [7, 11) is 0. The van der Waals surface area contributed by atoms with Gasteiger partial charge in [0.25, 0.3) is 0 Å². The van der Waals surface area contributed by atoms with Gasteiger partial charge in [0.2, 0.25) is 0 Å². The predicted molar refractivity (Wildman–Crippen MR) is 240 cm³/mol. The van der Waals surface area contributed by atoms with Gasteiger partial charge in [0, 0.05) is 96.7 Å². The summed E-state index contributed by atoms with van der Waals surface area (Å²) in [6, 6.07) is 3.95. The third-order valence-corrected chi connectivity index (χ3v) is 9.09. The fraction of sp³-hybridized carbons (Fsp3) is 1.00. The van der Waals surface area contributed by atoms with E-state index in [0.29, 0.717) is 48.3 Å². The van der Waals surface area contributed by atoms with E-state index in [4.69, 9.17) is 61.3 Å². The molecule has 2 aliphatic heterocycles. The average Bonchev–Trinajstić information content (AvgIpc) is 2.98. The summed E-state index contributed by atoms with van der Waals surface area (Å²) in [6.45, 7) is 40.7. The Morgan fingerprint density at radius 2 is 0.444 bits per heavy atom. The Labute approximate surface area is 415 Å². The zero-order valence-electron chi connectivity index (χ0n) is 40.9. The fourth-order valence-electron chi connectivity index (χ4n) is 7.48. The van der Waals surface area contributed by atoms with E-state index in [2.05, 4.69) is 153 Å². The van der Waals surface area contributed by atoms with Crippen LogP contribution in [0.1, 0.15) is 136 Å². The maximum absolute atomic E-state index is 8.25. The first-order valence-electron chi connectivity index (χ1n) is 20.2. The van der Waals surface area contributed by atoms with Crippen LogP contribution in [0.15, 0.2) is 0 Å². The van der Waals surface area contributed by atoms with Gasteiger partial charge in [-0.25, -0.2) is 0 Å². The number of hydrogen-bond acceptors (Lipinski definition) is 20. The van der Waals surface area contributed by atoms with Crippen LogP contribution in [0.3, 0.4) is 0 Å². The number of rotatable bonds is 0. The molecule has 0 aromatic carbocycles. The first-order valence-corrected chi connectivity index (χ1v) is 20.2. The van der Waals surface area contributed by atoms with Gasteiger partial charge < -0.3 is 109 Å². The van der Waals surface area contributed by atoms with E-state index in [1.54, 1.807) is 0 Å². The standard InChI is InChI=1S/2C18H40N4.2Cd.4NO3.H2O/c2*1-13-9-17(5,6)19-12-16(4)22-14(2)10-18(7,8)20-11-15(3)21-13;;;4*2-1(3)4;/h2*13-16,19-22H,9-12H2,1-8H3;;;;;;;1H2/q;;2*+2;4*-1;/t2*13-,14+,15-,16+;;;;;;;. The molecule has 63 heavy (non-hydrogen) atoms. The average molecular weight is 1120 g/mol. The van der Waals surface area contributed by atoms with Crippen LogP contribution in [0, 0.1) is 61.3 Å². The van der Waals surface area contributed by atoms with Crippen LogP contribution in [0.5, 0.6) is 0 Å². The zero-order chi connectivity index (χ0) is 48.2. The molecule has 0 aliphatic carbocycles. The molecular formula is C36H82Cd2N12O13. The third kappa shape index (κ3) is 60.3. The SMILES string of the molecule is C[C@@H]1CNC(C)(C)C[C@H](C)N[C@@H](C)CNC(C)(C)C[C@@H](C)N1.C[C@@H]1CNC(C)(C)C[C@H](C)N[C@@H](C)CNC(C)(C)C[C@@H](C)N1.O.O=[N+]([O-])[O-].O=[N+]([O-])[O-].O=[N+]([O-])[O-].O=[N+]([O-])[O-].[Cd+2].[Cd+2]. The minimum atomic E-state index is -1.75. The molecule has 0 aromatic rings. The predicted octanol–water partition coefficient (Wildman–Crippen LogP) is 2.71. The number of nitrogens with one attached hydrogen (secondary N) is 8. The molecule has 0 spiro atoms. The Bertz CT molecular complexity index is 1010. The molecule has 368 valence electrons. The van der Waals surface area contributed by atoms with Gasteiger partial charge in [-0.1, -0.05) is 0 Å². The van der Waals surface area contributed by atoms with E-state index < -0.39 is 20.3 Å². The molecule has 27 heteroatoms. The molecule has 0 unspecified atom stereocenters. The van der Waals surface area contributed by atoms with Crippen molar-refractivity contribution in [2.75, 3.05) is 26.2 Å². The van der Waals surface area contributed by atoms with Crippen LogP contribution < -0.4 is 42.5 Å². The van der Waals surface area contributed by atoms with Crippen molar-refractivity contribution >= 4 is 0 Å². The van der Waals surface area contributed by atoms with E-state index >= 15 is 0 Å². The molecule has 2 rings (SSSR count). The van der Waals surface area contributed by atoms with Gasteiger partial charge in [0.15, 0.2) is 0 Å². The molecule has 2 heterocycles. The summed E-state index contributed by atoms with van der Waals surface area (Å²) in [5, 5.41) is 88.8. The van der Waals surface area contributed by atoms with Crippen LogP contribution in [0.2, 0.25) is 0 Å². The summed E-state index contributed by atoms with van der Waals surface area (Å²) >= 11 is 0. The van der Waals surface area contributed by atoms with Gasteiger partial charge in [0.1, 0.15) is 0 Å². The van der Waals surface area contributed by atoms with Gasteiger partial charge in [-0.2, -0.15) is 0 Å². The third-order valence-electron chi connectivity index (χ3n) is 9.09. The van der Waals surface area contributed by atoms with Crippen molar-refractivity contribution < 1.29 is 80.4 Å². The Balaban J connectivity index is -0.000000143. The molecule has 25 nitrogen and oxygen atoms in total. The molecule has 0 bridgehead atoms. The summed E-state index contributed by atoms with van der Waals surface area (Å²) in [5.74, 6) is 0. The topological polar surface area (TPSA) is 393 Å². The van der Waals surface area contributed by atoms with E-state index in [1.807, 2.05) is 0 Å². The van der Waals surface area contributed by atoms with Crippen molar-refractivity contribution in [1.82, 2.24) is 42.5 Å². The van der Waals surface area contributed by atoms with E-state index in [-0.39, 0.29) is 82.2 Å². The molecule has 0 radical (unpaired) electrons. The molecule has 2 aliphatic rings. The summed E-state index contributed by atoms with van der Waals surface area (Å²) in [5.41, 5.74) is 0.620. The van der Waals surface area contributed by atoms with Crippen LogP contribution in [0.4, 0.5) is 0 Å². The Morgan fingerprint density at radius 3 is 0.556 bits per heavy atom. The van der Waals surface area contributed by atoms with Crippen molar-refractivity contribution in [2.24, 2.45) is 0 Å². The number of nitrogens with zero attached hydrogens (tertiary/aromatic N) is 4. The van der Waals surface area contributed by atoms with Gasteiger partial charge >= 0.3 is 54.6 Å². The largest absolute Gasteiger partial charge is 2.00 e. The molecular weight excluding hydrogens is 1030 g/mol. The molecule has 0 saturated carbocycles. The normalized spacial score (nSPS) is 28.2. The van der Waals surface area contributed by atoms with Crippen LogP contribution in [0.25, 0.3) is 0 Å². The zero-order valence-corrected chi connectivity index (χ0v) is 49.0. The molecule has 2 fully saturated rings. The van der Waals surface area contributed by atoms with Crippen LogP contribution >= 0.6 is 0 Å². The Kier molecular flexibility index (Phi) is 46.1. The first kappa shape index (κ1) is 75.6. The fourth-order valence-corrected chi connectivity index (χ4v) is 7.48. The van der Waals surface area contributed by atoms with Crippen LogP contribution in [-0.4, -0.2) is 122 Å². The van der Waals surface area contributed by atoms with E-state index in [9.17, 15) is 0 Å². The van der Waals surface area contributed by atoms with Crippen molar-refractivity contribution in [3.05, 3.63) is 61.3 Å². The second-order valence-corrected chi connectivity index (χ2v) is 18.6. The van der Waals surface area contributed by atoms with E-state index in [1.165, 1.54) is 0 Å². The minimum absolute atomic E-state index is 0. The Morgan fingerprint density at radius 1 is 0.333 bits per heavy atom. The molecule has 10 N–H and O–H groups in total. The summed E-state index contributed by atoms with van der Waals surface area (Å²) in [6.07, 6.45) is 4.51. The summed E-state index contributed by atoms with van der Waals surface area (Å²) < 4.78 is 0. The van der Waals surface area contributed by atoms with Crippen LogP contribution in [-0.2, 0) is 54.6 Å². The second kappa shape index (κ2) is 38.4. The molecule has 8 atom stereocenters. The monoisotopic (exact) mass is 1120 g/mol. The van der Waals surface area contributed by atoms with Crippen molar-refractivity contribution in [2.45, 2.75) is 207 Å². The number of hydrogen-bond donors (Lipinski definition) is 8. The molecule has 0 aromatic heterocycles. The van der Waals surface area contributed by atoms with Gasteiger partial charge in [-0.05, 0) is 136 Å². The van der Waals surface area contributed by atoms with Gasteiger partial charge in [-0.15, -0.1) is 0 Å². The minimum Gasteiger partial charge on any atom is -0.412 e. The van der Waals surface area contributed by atoms with E-state index in [0.717, 1.165) is 51.9 Å². The van der Waals surface area contributed by atoms with Crippen molar-refractivity contribution in [3.63, 3.8) is 0 Å². The van der Waals surface area contributed by atoms with Crippen molar-refractivity contribution in [1.29, 1.82) is 0 Å². The molecule has 0 amide bonds.